The van der Waals surface area contributed by atoms with Crippen LogP contribution in [0.5, 0.6) is 0 Å². The molecule has 4 heteroatoms. The third kappa shape index (κ3) is 3.31. The standard InChI is InChI=1S/C19H22N2O2/c1-13(2)11-20-19(22)17-10-18-16(7-8-23-18)21(17)12-15-6-4-5-14(3)9-15/h4-10,13H,11-12H2,1-3H3,(H,20,22). The fourth-order valence-corrected chi connectivity index (χ4v) is 2.72. The third-order valence-corrected chi connectivity index (χ3v) is 3.85. The molecule has 120 valence electrons. The first-order chi connectivity index (χ1) is 11.0. The van der Waals surface area contributed by atoms with Crippen molar-refractivity contribution in [2.45, 2.75) is 27.3 Å². The first kappa shape index (κ1) is 15.4. The van der Waals surface area contributed by atoms with Crippen molar-refractivity contribution in [2.75, 3.05) is 6.54 Å². The van der Waals surface area contributed by atoms with Gasteiger partial charge in [0.05, 0.1) is 11.8 Å². The second kappa shape index (κ2) is 6.32. The van der Waals surface area contributed by atoms with Crippen LogP contribution in [0.4, 0.5) is 0 Å². The van der Waals surface area contributed by atoms with Crippen LogP contribution in [0.25, 0.3) is 11.1 Å². The minimum atomic E-state index is -0.0576. The zero-order valence-electron chi connectivity index (χ0n) is 13.8. The average Bonchev–Trinajstić information content (AvgIpc) is 3.07. The van der Waals surface area contributed by atoms with Gasteiger partial charge in [-0.25, -0.2) is 0 Å². The van der Waals surface area contributed by atoms with Gasteiger partial charge in [0.1, 0.15) is 5.69 Å². The number of fused-ring (bicyclic) bond motifs is 1. The molecule has 1 amide bonds. The Morgan fingerprint density at radius 2 is 2.09 bits per heavy atom. The number of rotatable bonds is 5. The van der Waals surface area contributed by atoms with E-state index in [0.717, 1.165) is 11.1 Å². The highest BCUT2D eigenvalue weighted by molar-refractivity contribution is 5.97. The first-order valence-electron chi connectivity index (χ1n) is 7.95. The van der Waals surface area contributed by atoms with E-state index in [0.29, 0.717) is 24.7 Å². The topological polar surface area (TPSA) is 47.2 Å². The van der Waals surface area contributed by atoms with Crippen LogP contribution < -0.4 is 5.32 Å². The van der Waals surface area contributed by atoms with Crippen LogP contribution in [-0.4, -0.2) is 17.0 Å². The number of benzene rings is 1. The van der Waals surface area contributed by atoms with Crippen LogP contribution >= 0.6 is 0 Å². The van der Waals surface area contributed by atoms with Crippen LogP contribution in [0.2, 0.25) is 0 Å². The summed E-state index contributed by atoms with van der Waals surface area (Å²) < 4.78 is 7.49. The third-order valence-electron chi connectivity index (χ3n) is 3.85. The van der Waals surface area contributed by atoms with E-state index in [-0.39, 0.29) is 5.91 Å². The summed E-state index contributed by atoms with van der Waals surface area (Å²) >= 11 is 0. The molecule has 3 aromatic rings. The Hall–Kier alpha value is -2.49. The molecule has 0 aliphatic heterocycles. The minimum absolute atomic E-state index is 0.0576. The van der Waals surface area contributed by atoms with Gasteiger partial charge in [0.25, 0.3) is 5.91 Å². The van der Waals surface area contributed by atoms with Gasteiger partial charge >= 0.3 is 0 Å². The van der Waals surface area contributed by atoms with Crippen molar-refractivity contribution in [2.24, 2.45) is 5.92 Å². The summed E-state index contributed by atoms with van der Waals surface area (Å²) in [6.07, 6.45) is 1.66. The molecule has 0 unspecified atom stereocenters. The fourth-order valence-electron chi connectivity index (χ4n) is 2.72. The predicted molar refractivity (Wildman–Crippen MR) is 91.7 cm³/mol. The van der Waals surface area contributed by atoms with E-state index in [4.69, 9.17) is 4.42 Å². The first-order valence-corrected chi connectivity index (χ1v) is 7.95. The SMILES string of the molecule is Cc1cccc(Cn2c(C(=O)NCC(C)C)cc3occc32)c1. The Morgan fingerprint density at radius 3 is 2.83 bits per heavy atom. The molecule has 0 aliphatic carbocycles. The summed E-state index contributed by atoms with van der Waals surface area (Å²) in [6.45, 7) is 7.55. The highest BCUT2D eigenvalue weighted by Crippen LogP contribution is 2.23. The Labute approximate surface area is 136 Å². The molecule has 3 rings (SSSR count). The molecule has 0 saturated carbocycles. The second-order valence-electron chi connectivity index (χ2n) is 6.38. The molecular weight excluding hydrogens is 288 g/mol. The largest absolute Gasteiger partial charge is 0.463 e. The van der Waals surface area contributed by atoms with E-state index in [2.05, 4.69) is 44.3 Å². The lowest BCUT2D eigenvalue weighted by molar-refractivity contribution is 0.0940. The molecule has 2 heterocycles. The van der Waals surface area contributed by atoms with Crippen LogP contribution in [-0.2, 0) is 6.54 Å². The van der Waals surface area contributed by atoms with Crippen molar-refractivity contribution < 1.29 is 9.21 Å². The van der Waals surface area contributed by atoms with Gasteiger partial charge in [0.15, 0.2) is 5.58 Å². The summed E-state index contributed by atoms with van der Waals surface area (Å²) in [6, 6.07) is 12.1. The van der Waals surface area contributed by atoms with Crippen molar-refractivity contribution in [1.29, 1.82) is 0 Å². The predicted octanol–water partition coefficient (Wildman–Crippen LogP) is 3.98. The Balaban J connectivity index is 1.95. The smallest absolute Gasteiger partial charge is 0.268 e. The van der Waals surface area contributed by atoms with Gasteiger partial charge in [0, 0.05) is 25.2 Å². The lowest BCUT2D eigenvalue weighted by Gasteiger charge is -2.12. The zero-order chi connectivity index (χ0) is 16.4. The van der Waals surface area contributed by atoms with E-state index in [1.54, 1.807) is 6.26 Å². The second-order valence-corrected chi connectivity index (χ2v) is 6.38. The fraction of sp³-hybridized carbons (Fsp3) is 0.316. The van der Waals surface area contributed by atoms with Crippen molar-refractivity contribution in [3.05, 3.63) is 59.5 Å². The molecule has 4 nitrogen and oxygen atoms in total. The monoisotopic (exact) mass is 310 g/mol. The summed E-state index contributed by atoms with van der Waals surface area (Å²) in [7, 11) is 0. The molecule has 0 spiro atoms. The average molecular weight is 310 g/mol. The molecule has 1 N–H and O–H groups in total. The molecule has 0 fully saturated rings. The molecule has 2 aromatic heterocycles. The van der Waals surface area contributed by atoms with Crippen LogP contribution in [0, 0.1) is 12.8 Å². The molecule has 23 heavy (non-hydrogen) atoms. The zero-order valence-corrected chi connectivity index (χ0v) is 13.8. The number of amides is 1. The molecule has 1 aromatic carbocycles. The van der Waals surface area contributed by atoms with Crippen LogP contribution in [0.15, 0.2) is 47.1 Å². The van der Waals surface area contributed by atoms with E-state index >= 15 is 0 Å². The number of hydrogen-bond acceptors (Lipinski definition) is 2. The Kier molecular flexibility index (Phi) is 4.24. The van der Waals surface area contributed by atoms with Crippen molar-refractivity contribution >= 4 is 17.0 Å². The maximum absolute atomic E-state index is 12.5. The summed E-state index contributed by atoms with van der Waals surface area (Å²) in [5.41, 5.74) is 4.71. The van der Waals surface area contributed by atoms with Gasteiger partial charge in [0.2, 0.25) is 0 Å². The maximum atomic E-state index is 12.5. The van der Waals surface area contributed by atoms with Crippen molar-refractivity contribution in [3.8, 4) is 0 Å². The van der Waals surface area contributed by atoms with Crippen molar-refractivity contribution in [1.82, 2.24) is 9.88 Å². The number of aryl methyl sites for hydroxylation is 1. The Bertz CT molecular complexity index is 827. The molecule has 0 bridgehead atoms. The summed E-state index contributed by atoms with van der Waals surface area (Å²) in [4.78, 5) is 12.5. The van der Waals surface area contributed by atoms with Crippen LogP contribution in [0.1, 0.15) is 35.5 Å². The number of nitrogens with zero attached hydrogens (tertiary/aromatic N) is 1. The highest BCUT2D eigenvalue weighted by atomic mass is 16.3. The van der Waals surface area contributed by atoms with E-state index < -0.39 is 0 Å². The Morgan fingerprint density at radius 1 is 1.26 bits per heavy atom. The molecule has 0 aliphatic rings. The highest BCUT2D eigenvalue weighted by Gasteiger charge is 2.17. The van der Waals surface area contributed by atoms with Gasteiger partial charge in [-0.05, 0) is 18.4 Å². The van der Waals surface area contributed by atoms with Gasteiger partial charge in [-0.2, -0.15) is 0 Å². The summed E-state index contributed by atoms with van der Waals surface area (Å²) in [5, 5.41) is 2.99. The lowest BCUT2D eigenvalue weighted by Crippen LogP contribution is -2.29. The van der Waals surface area contributed by atoms with E-state index in [1.807, 2.05) is 22.8 Å². The number of aromatic nitrogens is 1. The minimum Gasteiger partial charge on any atom is -0.463 e. The maximum Gasteiger partial charge on any atom is 0.268 e. The number of nitrogens with one attached hydrogen (secondary N) is 1. The number of carbonyl (C=O) groups excluding carboxylic acids is 1. The van der Waals surface area contributed by atoms with Gasteiger partial charge in [-0.1, -0.05) is 43.7 Å². The van der Waals surface area contributed by atoms with Crippen molar-refractivity contribution in [3.63, 3.8) is 0 Å². The number of hydrogen-bond donors (Lipinski definition) is 1. The van der Waals surface area contributed by atoms with E-state index in [1.165, 1.54) is 11.1 Å². The molecule has 0 saturated heterocycles. The van der Waals surface area contributed by atoms with Gasteiger partial charge in [-0.15, -0.1) is 0 Å². The van der Waals surface area contributed by atoms with Gasteiger partial charge in [-0.3, -0.25) is 4.79 Å². The lowest BCUT2D eigenvalue weighted by atomic mass is 10.1. The van der Waals surface area contributed by atoms with Gasteiger partial charge < -0.3 is 14.3 Å². The molecule has 0 atom stereocenters. The quantitative estimate of drug-likeness (QED) is 0.775. The number of furan rings is 1. The number of carbonyl (C=O) groups is 1. The van der Waals surface area contributed by atoms with Crippen LogP contribution in [0.3, 0.4) is 0 Å². The van der Waals surface area contributed by atoms with E-state index in [9.17, 15) is 4.79 Å². The molecular formula is C19H22N2O2. The summed E-state index contributed by atoms with van der Waals surface area (Å²) in [5.74, 6) is 0.361. The normalized spacial score (nSPS) is 11.3. The molecule has 0 radical (unpaired) electrons.